The van der Waals surface area contributed by atoms with Crippen LogP contribution in [-0.2, 0) is 0 Å². The average Bonchev–Trinajstić information content (AvgIpc) is 2.39. The van der Waals surface area contributed by atoms with Crippen molar-refractivity contribution in [2.45, 2.75) is 6.04 Å². The molecule has 1 atom stereocenters. The summed E-state index contributed by atoms with van der Waals surface area (Å²) in [7, 11) is 1.63. The molecule has 4 heteroatoms. The van der Waals surface area contributed by atoms with Crippen molar-refractivity contribution in [2.24, 2.45) is 5.73 Å². The maximum Gasteiger partial charge on any atom is 0.124 e. The van der Waals surface area contributed by atoms with Crippen LogP contribution in [0.15, 0.2) is 42.9 Å². The third kappa shape index (κ3) is 2.01. The second-order valence-corrected chi connectivity index (χ2v) is 3.35. The average molecular weight is 215 g/mol. The number of hydrogen-bond donors (Lipinski definition) is 1. The van der Waals surface area contributed by atoms with Crippen LogP contribution in [0.3, 0.4) is 0 Å². The Morgan fingerprint density at radius 3 is 2.75 bits per heavy atom. The molecule has 0 fully saturated rings. The van der Waals surface area contributed by atoms with E-state index >= 15 is 0 Å². The second kappa shape index (κ2) is 4.72. The predicted molar refractivity (Wildman–Crippen MR) is 61.1 cm³/mol. The summed E-state index contributed by atoms with van der Waals surface area (Å²) >= 11 is 0. The Morgan fingerprint density at radius 1 is 1.25 bits per heavy atom. The number of nitrogens with two attached hydrogens (primary N) is 1. The van der Waals surface area contributed by atoms with Gasteiger partial charge in [-0.2, -0.15) is 0 Å². The zero-order chi connectivity index (χ0) is 11.4. The Kier molecular flexibility index (Phi) is 3.12. The fraction of sp³-hybridized carbons (Fsp3) is 0.167. The van der Waals surface area contributed by atoms with Crippen molar-refractivity contribution in [3.05, 3.63) is 54.1 Å². The predicted octanol–water partition coefficient (Wildman–Crippen LogP) is 1.53. The van der Waals surface area contributed by atoms with E-state index in [0.29, 0.717) is 0 Å². The monoisotopic (exact) mass is 215 g/mol. The van der Waals surface area contributed by atoms with E-state index in [2.05, 4.69) is 9.97 Å². The van der Waals surface area contributed by atoms with E-state index in [0.717, 1.165) is 17.0 Å². The van der Waals surface area contributed by atoms with Gasteiger partial charge in [-0.3, -0.25) is 9.97 Å². The van der Waals surface area contributed by atoms with Gasteiger partial charge >= 0.3 is 0 Å². The SMILES string of the molecule is COc1ccccc1C(N)c1cnccn1. The van der Waals surface area contributed by atoms with E-state index in [9.17, 15) is 0 Å². The molecule has 1 aromatic heterocycles. The Labute approximate surface area is 94.1 Å². The van der Waals surface area contributed by atoms with Gasteiger partial charge in [0.2, 0.25) is 0 Å². The van der Waals surface area contributed by atoms with Crippen LogP contribution in [-0.4, -0.2) is 17.1 Å². The standard InChI is InChI=1S/C12H13N3O/c1-16-11-5-3-2-4-9(11)12(13)10-8-14-6-7-15-10/h2-8,12H,13H2,1H3. The minimum Gasteiger partial charge on any atom is -0.496 e. The van der Waals surface area contributed by atoms with Gasteiger partial charge in [0.25, 0.3) is 0 Å². The van der Waals surface area contributed by atoms with Crippen molar-refractivity contribution < 1.29 is 4.74 Å². The lowest BCUT2D eigenvalue weighted by atomic mass is 10.0. The molecule has 0 saturated carbocycles. The summed E-state index contributed by atoms with van der Waals surface area (Å²) < 4.78 is 5.26. The number of hydrogen-bond acceptors (Lipinski definition) is 4. The van der Waals surface area contributed by atoms with Crippen LogP contribution in [0.4, 0.5) is 0 Å². The summed E-state index contributed by atoms with van der Waals surface area (Å²) in [5.41, 5.74) is 7.75. The Bertz CT molecular complexity index is 459. The Morgan fingerprint density at radius 2 is 2.06 bits per heavy atom. The summed E-state index contributed by atoms with van der Waals surface area (Å²) in [6.45, 7) is 0. The molecule has 2 rings (SSSR count). The third-order valence-corrected chi connectivity index (χ3v) is 2.38. The van der Waals surface area contributed by atoms with Crippen molar-refractivity contribution >= 4 is 0 Å². The molecule has 82 valence electrons. The highest BCUT2D eigenvalue weighted by molar-refractivity contribution is 5.39. The first kappa shape index (κ1) is 10.6. The lowest BCUT2D eigenvalue weighted by Gasteiger charge is -2.14. The molecule has 4 nitrogen and oxygen atoms in total. The maximum absolute atomic E-state index is 6.11. The highest BCUT2D eigenvalue weighted by Gasteiger charge is 2.14. The van der Waals surface area contributed by atoms with Gasteiger partial charge in [-0.05, 0) is 6.07 Å². The number of methoxy groups -OCH3 is 1. The van der Waals surface area contributed by atoms with E-state index in [-0.39, 0.29) is 6.04 Å². The van der Waals surface area contributed by atoms with Crippen LogP contribution in [0.1, 0.15) is 17.3 Å². The summed E-state index contributed by atoms with van der Waals surface area (Å²) in [6.07, 6.45) is 4.92. The molecule has 1 unspecified atom stereocenters. The van der Waals surface area contributed by atoms with Gasteiger partial charge in [0.1, 0.15) is 5.75 Å². The molecule has 2 aromatic rings. The van der Waals surface area contributed by atoms with Gasteiger partial charge in [-0.25, -0.2) is 0 Å². The lowest BCUT2D eigenvalue weighted by molar-refractivity contribution is 0.407. The van der Waals surface area contributed by atoms with Gasteiger partial charge in [0, 0.05) is 18.0 Å². The van der Waals surface area contributed by atoms with Crippen LogP contribution < -0.4 is 10.5 Å². The molecule has 0 radical (unpaired) electrons. The first-order valence-electron chi connectivity index (χ1n) is 4.97. The number of rotatable bonds is 3. The van der Waals surface area contributed by atoms with E-state index in [1.807, 2.05) is 24.3 Å². The molecule has 0 bridgehead atoms. The summed E-state index contributed by atoms with van der Waals surface area (Å²) in [5, 5.41) is 0. The number of para-hydroxylation sites is 1. The van der Waals surface area contributed by atoms with Crippen molar-refractivity contribution in [1.29, 1.82) is 0 Å². The van der Waals surface area contributed by atoms with Crippen LogP contribution in [0.25, 0.3) is 0 Å². The zero-order valence-corrected chi connectivity index (χ0v) is 9.00. The lowest BCUT2D eigenvalue weighted by Crippen LogP contribution is -2.14. The van der Waals surface area contributed by atoms with Crippen molar-refractivity contribution in [3.8, 4) is 5.75 Å². The summed E-state index contributed by atoms with van der Waals surface area (Å²) in [5.74, 6) is 0.764. The van der Waals surface area contributed by atoms with Crippen molar-refractivity contribution in [1.82, 2.24) is 9.97 Å². The molecule has 0 spiro atoms. The topological polar surface area (TPSA) is 61.0 Å². The molecule has 0 aliphatic heterocycles. The molecule has 0 amide bonds. The maximum atomic E-state index is 6.11. The fourth-order valence-corrected chi connectivity index (χ4v) is 1.55. The van der Waals surface area contributed by atoms with E-state index in [1.165, 1.54) is 0 Å². The number of nitrogens with zero attached hydrogens (tertiary/aromatic N) is 2. The smallest absolute Gasteiger partial charge is 0.124 e. The van der Waals surface area contributed by atoms with E-state index in [4.69, 9.17) is 10.5 Å². The molecular formula is C12H13N3O. The number of benzene rings is 1. The Balaban J connectivity index is 2.37. The van der Waals surface area contributed by atoms with Crippen molar-refractivity contribution in [2.75, 3.05) is 7.11 Å². The van der Waals surface area contributed by atoms with Gasteiger partial charge in [-0.15, -0.1) is 0 Å². The van der Waals surface area contributed by atoms with Crippen molar-refractivity contribution in [3.63, 3.8) is 0 Å². The first-order valence-corrected chi connectivity index (χ1v) is 4.97. The fourth-order valence-electron chi connectivity index (χ4n) is 1.55. The highest BCUT2D eigenvalue weighted by Crippen LogP contribution is 2.26. The summed E-state index contributed by atoms with van der Waals surface area (Å²) in [6, 6.07) is 7.33. The van der Waals surface area contributed by atoms with Gasteiger partial charge in [0.15, 0.2) is 0 Å². The van der Waals surface area contributed by atoms with Gasteiger partial charge in [-0.1, -0.05) is 18.2 Å². The molecule has 2 N–H and O–H groups in total. The largest absolute Gasteiger partial charge is 0.496 e. The molecule has 1 heterocycles. The van der Waals surface area contributed by atoms with Gasteiger partial charge < -0.3 is 10.5 Å². The second-order valence-electron chi connectivity index (χ2n) is 3.35. The minimum atomic E-state index is -0.315. The van der Waals surface area contributed by atoms with E-state index < -0.39 is 0 Å². The molecule has 16 heavy (non-hydrogen) atoms. The quantitative estimate of drug-likeness (QED) is 0.843. The van der Waals surface area contributed by atoms with Crippen LogP contribution in [0, 0.1) is 0 Å². The minimum absolute atomic E-state index is 0.315. The van der Waals surface area contributed by atoms with Crippen LogP contribution in [0.2, 0.25) is 0 Å². The zero-order valence-electron chi connectivity index (χ0n) is 9.00. The highest BCUT2D eigenvalue weighted by atomic mass is 16.5. The molecule has 0 aliphatic rings. The van der Waals surface area contributed by atoms with Crippen LogP contribution >= 0.6 is 0 Å². The van der Waals surface area contributed by atoms with Crippen LogP contribution in [0.5, 0.6) is 5.75 Å². The third-order valence-electron chi connectivity index (χ3n) is 2.38. The molecule has 0 saturated heterocycles. The molecule has 1 aromatic carbocycles. The van der Waals surface area contributed by atoms with E-state index in [1.54, 1.807) is 25.7 Å². The summed E-state index contributed by atoms with van der Waals surface area (Å²) in [4.78, 5) is 8.19. The molecular weight excluding hydrogens is 202 g/mol. The normalized spacial score (nSPS) is 12.1. The first-order chi connectivity index (χ1) is 7.83. The molecule has 0 aliphatic carbocycles. The Hall–Kier alpha value is -1.94. The van der Waals surface area contributed by atoms with Gasteiger partial charge in [0.05, 0.1) is 25.0 Å². The number of ether oxygens (including phenoxy) is 1. The number of aromatic nitrogens is 2.